The van der Waals surface area contributed by atoms with Gasteiger partial charge >= 0.3 is 6.03 Å². The van der Waals surface area contributed by atoms with Crippen molar-refractivity contribution in [1.82, 2.24) is 10.4 Å². The molecule has 1 aromatic carbocycles. The number of para-hydroxylation sites is 1. The number of amides is 2. The largest absolute Gasteiger partial charge is 0.491 e. The summed E-state index contributed by atoms with van der Waals surface area (Å²) >= 11 is 0. The van der Waals surface area contributed by atoms with E-state index in [1.165, 1.54) is 7.11 Å². The predicted octanol–water partition coefficient (Wildman–Crippen LogP) is 2.18. The monoisotopic (exact) mass is 252 g/mol. The van der Waals surface area contributed by atoms with Gasteiger partial charge in [0.25, 0.3) is 0 Å². The zero-order chi connectivity index (χ0) is 13.5. The molecule has 1 N–H and O–H groups in total. The fourth-order valence-corrected chi connectivity index (χ4v) is 1.38. The first-order valence-corrected chi connectivity index (χ1v) is 5.84. The van der Waals surface area contributed by atoms with Crippen LogP contribution in [-0.2, 0) is 11.4 Å². The Morgan fingerprint density at radius 3 is 2.67 bits per heavy atom. The highest BCUT2D eigenvalue weighted by atomic mass is 16.7. The molecule has 2 amide bonds. The van der Waals surface area contributed by atoms with Crippen LogP contribution in [0.1, 0.15) is 19.4 Å². The van der Waals surface area contributed by atoms with Gasteiger partial charge in [-0.15, -0.1) is 0 Å². The smallest absolute Gasteiger partial charge is 0.341 e. The first-order chi connectivity index (χ1) is 8.54. The lowest BCUT2D eigenvalue weighted by Crippen LogP contribution is -2.36. The number of rotatable bonds is 5. The maximum atomic E-state index is 11.5. The van der Waals surface area contributed by atoms with Crippen LogP contribution in [0.2, 0.25) is 0 Å². The molecule has 0 saturated heterocycles. The Morgan fingerprint density at radius 2 is 2.06 bits per heavy atom. The van der Waals surface area contributed by atoms with Crippen molar-refractivity contribution in [2.45, 2.75) is 26.5 Å². The number of nitrogens with one attached hydrogen (secondary N) is 1. The fraction of sp³-hybridized carbons (Fsp3) is 0.462. The average molecular weight is 252 g/mol. The molecule has 0 aliphatic heterocycles. The average Bonchev–Trinajstić information content (AvgIpc) is 2.35. The minimum atomic E-state index is -0.295. The SMILES string of the molecule is CON(C)C(=O)NCc1ccccc1OC(C)C. The van der Waals surface area contributed by atoms with Gasteiger partial charge in [-0.1, -0.05) is 18.2 Å². The summed E-state index contributed by atoms with van der Waals surface area (Å²) in [6, 6.07) is 7.34. The highest BCUT2D eigenvalue weighted by molar-refractivity contribution is 5.72. The van der Waals surface area contributed by atoms with Gasteiger partial charge < -0.3 is 10.1 Å². The van der Waals surface area contributed by atoms with Crippen LogP contribution in [0.25, 0.3) is 0 Å². The first-order valence-electron chi connectivity index (χ1n) is 5.84. The second-order valence-corrected chi connectivity index (χ2v) is 4.11. The summed E-state index contributed by atoms with van der Waals surface area (Å²) in [5, 5.41) is 3.88. The summed E-state index contributed by atoms with van der Waals surface area (Å²) in [7, 11) is 2.99. The quantitative estimate of drug-likeness (QED) is 0.817. The van der Waals surface area contributed by atoms with Gasteiger partial charge in [0.2, 0.25) is 0 Å². The number of hydrogen-bond acceptors (Lipinski definition) is 3. The molecule has 0 saturated carbocycles. The van der Waals surface area contributed by atoms with E-state index >= 15 is 0 Å². The molecule has 5 nitrogen and oxygen atoms in total. The van der Waals surface area contributed by atoms with Gasteiger partial charge in [-0.3, -0.25) is 4.84 Å². The van der Waals surface area contributed by atoms with Gasteiger partial charge in [0, 0.05) is 19.2 Å². The molecule has 0 unspecified atom stereocenters. The van der Waals surface area contributed by atoms with Crippen LogP contribution in [0, 0.1) is 0 Å². The van der Waals surface area contributed by atoms with E-state index in [4.69, 9.17) is 9.57 Å². The third-order valence-corrected chi connectivity index (χ3v) is 2.33. The Bertz CT molecular complexity index is 394. The van der Waals surface area contributed by atoms with Crippen molar-refractivity contribution in [2.24, 2.45) is 0 Å². The van der Waals surface area contributed by atoms with Crippen LogP contribution < -0.4 is 10.1 Å². The van der Waals surface area contributed by atoms with E-state index in [1.807, 2.05) is 38.1 Å². The normalized spacial score (nSPS) is 10.3. The van der Waals surface area contributed by atoms with Gasteiger partial charge in [-0.05, 0) is 19.9 Å². The Morgan fingerprint density at radius 1 is 1.39 bits per heavy atom. The zero-order valence-corrected chi connectivity index (χ0v) is 11.3. The van der Waals surface area contributed by atoms with E-state index in [1.54, 1.807) is 7.05 Å². The Kier molecular flexibility index (Phi) is 5.45. The highest BCUT2D eigenvalue weighted by Gasteiger charge is 2.09. The molecular weight excluding hydrogens is 232 g/mol. The third-order valence-electron chi connectivity index (χ3n) is 2.33. The summed E-state index contributed by atoms with van der Waals surface area (Å²) in [5.74, 6) is 0.785. The number of carbonyl (C=O) groups excluding carboxylic acids is 1. The first kappa shape index (κ1) is 14.3. The maximum Gasteiger partial charge on any atom is 0.341 e. The van der Waals surface area contributed by atoms with Gasteiger partial charge in [0.1, 0.15) is 5.75 Å². The van der Waals surface area contributed by atoms with E-state index in [2.05, 4.69) is 5.32 Å². The molecule has 0 atom stereocenters. The van der Waals surface area contributed by atoms with Crippen molar-refractivity contribution >= 4 is 6.03 Å². The van der Waals surface area contributed by atoms with Crippen LogP contribution in [0.3, 0.4) is 0 Å². The highest BCUT2D eigenvalue weighted by Crippen LogP contribution is 2.19. The molecule has 0 fully saturated rings. The summed E-state index contributed by atoms with van der Waals surface area (Å²) in [6.07, 6.45) is 0.100. The van der Waals surface area contributed by atoms with Crippen molar-refractivity contribution in [3.8, 4) is 5.75 Å². The molecule has 0 aliphatic rings. The minimum absolute atomic E-state index is 0.100. The fourth-order valence-electron chi connectivity index (χ4n) is 1.38. The molecule has 1 rings (SSSR count). The number of hydroxylamine groups is 2. The molecular formula is C13H20N2O3. The summed E-state index contributed by atoms with van der Waals surface area (Å²) in [5.41, 5.74) is 0.934. The van der Waals surface area contributed by atoms with Crippen molar-refractivity contribution in [3.05, 3.63) is 29.8 Å². The van der Waals surface area contributed by atoms with Crippen LogP contribution in [0.4, 0.5) is 4.79 Å². The van der Waals surface area contributed by atoms with Gasteiger partial charge in [0.15, 0.2) is 0 Å². The van der Waals surface area contributed by atoms with Crippen LogP contribution in [0.5, 0.6) is 5.75 Å². The Balaban J connectivity index is 2.64. The lowest BCUT2D eigenvalue weighted by atomic mass is 10.2. The Hall–Kier alpha value is -1.75. The maximum absolute atomic E-state index is 11.5. The van der Waals surface area contributed by atoms with Crippen molar-refractivity contribution in [1.29, 1.82) is 0 Å². The van der Waals surface area contributed by atoms with E-state index in [0.717, 1.165) is 16.4 Å². The lowest BCUT2D eigenvalue weighted by Gasteiger charge is -2.17. The van der Waals surface area contributed by atoms with Crippen molar-refractivity contribution < 1.29 is 14.4 Å². The number of hydrogen-bond donors (Lipinski definition) is 1. The molecule has 5 heteroatoms. The molecule has 1 aromatic rings. The van der Waals surface area contributed by atoms with Crippen LogP contribution >= 0.6 is 0 Å². The molecule has 0 spiro atoms. The molecule has 0 aromatic heterocycles. The minimum Gasteiger partial charge on any atom is -0.491 e. The van der Waals surface area contributed by atoms with Gasteiger partial charge in [0.05, 0.1) is 13.2 Å². The van der Waals surface area contributed by atoms with Gasteiger partial charge in [-0.25, -0.2) is 9.86 Å². The van der Waals surface area contributed by atoms with E-state index in [-0.39, 0.29) is 12.1 Å². The topological polar surface area (TPSA) is 50.8 Å². The number of carbonyl (C=O) groups is 1. The summed E-state index contributed by atoms with van der Waals surface area (Å²) < 4.78 is 5.67. The van der Waals surface area contributed by atoms with Crippen molar-refractivity contribution in [2.75, 3.05) is 14.2 Å². The summed E-state index contributed by atoms with van der Waals surface area (Å²) in [4.78, 5) is 16.3. The predicted molar refractivity (Wildman–Crippen MR) is 69.2 cm³/mol. The lowest BCUT2D eigenvalue weighted by molar-refractivity contribution is -0.0648. The van der Waals surface area contributed by atoms with E-state index < -0.39 is 0 Å². The molecule has 18 heavy (non-hydrogen) atoms. The standard InChI is InChI=1S/C13H20N2O3/c1-10(2)18-12-8-6-5-7-11(12)9-14-13(16)15(3)17-4/h5-8,10H,9H2,1-4H3,(H,14,16). The zero-order valence-electron chi connectivity index (χ0n) is 11.3. The van der Waals surface area contributed by atoms with Crippen LogP contribution in [-0.4, -0.2) is 31.4 Å². The second kappa shape index (κ2) is 6.86. The number of benzene rings is 1. The van der Waals surface area contributed by atoms with Crippen LogP contribution in [0.15, 0.2) is 24.3 Å². The number of ether oxygens (including phenoxy) is 1. The third kappa shape index (κ3) is 4.25. The van der Waals surface area contributed by atoms with E-state index in [9.17, 15) is 4.79 Å². The molecule has 0 radical (unpaired) electrons. The van der Waals surface area contributed by atoms with Crippen molar-refractivity contribution in [3.63, 3.8) is 0 Å². The molecule has 100 valence electrons. The number of nitrogens with zero attached hydrogens (tertiary/aromatic N) is 1. The molecule has 0 bridgehead atoms. The molecule has 0 heterocycles. The van der Waals surface area contributed by atoms with Gasteiger partial charge in [-0.2, -0.15) is 0 Å². The number of urea groups is 1. The summed E-state index contributed by atoms with van der Waals surface area (Å²) in [6.45, 7) is 4.33. The second-order valence-electron chi connectivity index (χ2n) is 4.11. The van der Waals surface area contributed by atoms with E-state index in [0.29, 0.717) is 6.54 Å². The molecule has 0 aliphatic carbocycles. The Labute approximate surface area is 108 Å².